The van der Waals surface area contributed by atoms with E-state index in [9.17, 15) is 76.3 Å². The van der Waals surface area contributed by atoms with Gasteiger partial charge in [0, 0.05) is 50.3 Å². The van der Waals surface area contributed by atoms with Gasteiger partial charge in [0.25, 0.3) is 35.4 Å². The average Bonchev–Trinajstić information content (AvgIpc) is 1.62. The molecule has 37 heteroatoms. The number of esters is 2. The molecule has 0 radical (unpaired) electrons. The number of hydrogen-bond donors (Lipinski definition) is 7. The van der Waals surface area contributed by atoms with Crippen molar-refractivity contribution in [2.45, 2.75) is 129 Å². The van der Waals surface area contributed by atoms with Crippen molar-refractivity contribution in [3.63, 3.8) is 0 Å². The quantitative estimate of drug-likeness (QED) is 0.0244. The zero-order chi connectivity index (χ0) is 81.2. The highest BCUT2D eigenvalue weighted by Gasteiger charge is 2.49. The third-order valence-electron chi connectivity index (χ3n) is 16.2. The molecule has 3 aromatic carbocycles. The number of hydrogen-bond acceptors (Lipinski definition) is 29. The summed E-state index contributed by atoms with van der Waals surface area (Å²) >= 11 is 0. The van der Waals surface area contributed by atoms with Gasteiger partial charge in [0.2, 0.25) is 35.4 Å². The highest BCUT2D eigenvalue weighted by molar-refractivity contribution is 6.27. The second-order valence-electron chi connectivity index (χ2n) is 26.9. The van der Waals surface area contributed by atoms with Crippen molar-refractivity contribution in [3.8, 4) is 0 Å². The molecule has 9 rings (SSSR count). The van der Waals surface area contributed by atoms with E-state index in [1.807, 2.05) is 41.5 Å². The van der Waals surface area contributed by atoms with Crippen LogP contribution in [0.15, 0.2) is 54.6 Å². The van der Waals surface area contributed by atoms with Crippen molar-refractivity contribution >= 4 is 100 Å². The molecule has 3 atom stereocenters. The number of halogens is 1. The van der Waals surface area contributed by atoms with Gasteiger partial charge in [-0.25, -0.2) is 4.39 Å². The molecule has 3 aromatic rings. The van der Waals surface area contributed by atoms with Crippen LogP contribution in [0.3, 0.4) is 0 Å². The number of carbonyl (C=O) groups is 15. The first-order valence-corrected chi connectivity index (χ1v) is 36.2. The number of anilines is 2. The minimum absolute atomic E-state index is 0.0340. The van der Waals surface area contributed by atoms with E-state index in [0.717, 1.165) is 20.8 Å². The molecule has 3 fully saturated rings. The SMILES string of the molecule is CC(C)(C)OC(=O)CCOCCOCCOCCN.CC(C)(C)OC(=O)CCOCCOCCOCCNc1cccc2c1C(=O)N(C1CCC(=O)NC1=O)C2=O.O=C(O)CCOCCOCCOCCNc1cccc2c1C(=O)N(C1CCC(=O)NC1=O)C2=O.O=C1CCC(N2C(=O)c3cccc(F)c3C2=O)C(=O)N1. The normalized spacial score (nSPS) is 17.3. The predicted octanol–water partition coefficient (Wildman–Crippen LogP) is 2.26. The number of rotatable bonds is 40. The van der Waals surface area contributed by atoms with Crippen LogP contribution in [0, 0.1) is 5.82 Å². The molecular formula is C74H98FN9O27. The van der Waals surface area contributed by atoms with Crippen molar-refractivity contribution in [1.29, 1.82) is 0 Å². The van der Waals surface area contributed by atoms with Gasteiger partial charge in [-0.2, -0.15) is 0 Å². The zero-order valence-electron chi connectivity index (χ0n) is 63.0. The van der Waals surface area contributed by atoms with E-state index in [0.29, 0.717) is 137 Å². The number of ether oxygens (including phenoxy) is 11. The van der Waals surface area contributed by atoms with E-state index in [4.69, 9.17) is 62.9 Å². The minimum Gasteiger partial charge on any atom is -0.481 e. The van der Waals surface area contributed by atoms with Gasteiger partial charge in [0.1, 0.15) is 35.1 Å². The van der Waals surface area contributed by atoms with E-state index in [-0.39, 0.29) is 116 Å². The molecule has 608 valence electrons. The average molecular weight is 1560 g/mol. The maximum absolute atomic E-state index is 13.7. The fourth-order valence-corrected chi connectivity index (χ4v) is 11.3. The molecule has 8 N–H and O–H groups in total. The van der Waals surface area contributed by atoms with E-state index >= 15 is 0 Å². The summed E-state index contributed by atoms with van der Waals surface area (Å²) < 4.78 is 71.9. The second kappa shape index (κ2) is 45.4. The number of nitrogens with one attached hydrogen (secondary N) is 5. The number of carbonyl (C=O) groups excluding carboxylic acids is 14. The van der Waals surface area contributed by atoms with Crippen molar-refractivity contribution in [1.82, 2.24) is 30.7 Å². The molecule has 6 aliphatic heterocycles. The van der Waals surface area contributed by atoms with Crippen molar-refractivity contribution < 1.29 is 134 Å². The van der Waals surface area contributed by atoms with Crippen molar-refractivity contribution in [2.75, 3.05) is 149 Å². The van der Waals surface area contributed by atoms with Gasteiger partial charge in [-0.1, -0.05) is 18.2 Å². The number of aliphatic carboxylic acids is 1. The number of carboxylic acid groups (broad SMARTS) is 1. The first-order chi connectivity index (χ1) is 52.9. The molecule has 0 bridgehead atoms. The lowest BCUT2D eigenvalue weighted by Gasteiger charge is -2.27. The Hall–Kier alpha value is -9.96. The van der Waals surface area contributed by atoms with Crippen LogP contribution in [0.4, 0.5) is 15.8 Å². The van der Waals surface area contributed by atoms with E-state index < -0.39 is 112 Å². The number of piperidine rings is 3. The molecule has 0 aliphatic carbocycles. The summed E-state index contributed by atoms with van der Waals surface area (Å²) in [6, 6.07) is 10.4. The van der Waals surface area contributed by atoms with Gasteiger partial charge in [-0.3, -0.25) is 103 Å². The molecule has 12 amide bonds. The summed E-state index contributed by atoms with van der Waals surface area (Å²) in [4.78, 5) is 182. The minimum atomic E-state index is -1.07. The van der Waals surface area contributed by atoms with E-state index in [2.05, 4.69) is 26.6 Å². The molecule has 0 spiro atoms. The smallest absolute Gasteiger partial charge is 0.308 e. The van der Waals surface area contributed by atoms with Crippen LogP contribution in [0.5, 0.6) is 0 Å². The number of amides is 12. The summed E-state index contributed by atoms with van der Waals surface area (Å²) in [6.07, 6.45) is 0.824. The largest absolute Gasteiger partial charge is 0.481 e. The van der Waals surface area contributed by atoms with Crippen LogP contribution in [0.2, 0.25) is 0 Å². The number of carboxylic acids is 1. The number of imide groups is 6. The van der Waals surface area contributed by atoms with Gasteiger partial charge < -0.3 is 73.6 Å². The van der Waals surface area contributed by atoms with Crippen molar-refractivity contribution in [3.05, 3.63) is 93.8 Å². The topological polar surface area (TPSA) is 474 Å². The predicted molar refractivity (Wildman–Crippen MR) is 386 cm³/mol. The summed E-state index contributed by atoms with van der Waals surface area (Å²) in [5, 5.41) is 21.1. The van der Waals surface area contributed by atoms with E-state index in [1.54, 1.807) is 30.3 Å². The standard InChI is InChI=1S/C26H35N3O9.C22H27N3O9.C13H9FN2O4.C13H27NO5/c1-26(2,3)38-21(31)9-11-35-13-15-37-16-14-36-12-10-27-18-6-4-5-17-22(18)25(34)29(24(17)33)19-7-8-20(30)28-23(19)32;26-17-5-4-16(20(29)24-17)25-21(30)14-2-1-3-15(19(14)22(25)31)23-7-9-33-11-13-34-12-10-32-8-6-18(27)28;14-7-3-1-2-6-10(7)13(20)16(12(6)19)8-4-5-9(17)15-11(8)18;1-13(2,3)19-12(15)4-6-16-8-10-18-11-9-17-7-5-14/h4-6,19,27H,7-16H2,1-3H3,(H,28,30,32);1-3,16,23H,4-13H2,(H,27,28)(H,24,26,29);1-3,8H,4-5H2,(H,15,17,18);4-11,14H2,1-3H3. The van der Waals surface area contributed by atoms with Crippen molar-refractivity contribution in [2.24, 2.45) is 5.73 Å². The number of nitrogens with zero attached hydrogens (tertiary/aromatic N) is 3. The first kappa shape index (κ1) is 89.9. The Morgan fingerprint density at radius 3 is 1.01 bits per heavy atom. The fourth-order valence-electron chi connectivity index (χ4n) is 11.3. The van der Waals surface area contributed by atoms with Crippen LogP contribution in [0.1, 0.15) is 161 Å². The van der Waals surface area contributed by atoms with E-state index in [1.165, 1.54) is 18.2 Å². The molecule has 6 aliphatic rings. The summed E-state index contributed by atoms with van der Waals surface area (Å²) in [7, 11) is 0. The highest BCUT2D eigenvalue weighted by atomic mass is 19.1. The lowest BCUT2D eigenvalue weighted by molar-refractivity contribution is -0.157. The van der Waals surface area contributed by atoms with Gasteiger partial charge in [-0.15, -0.1) is 0 Å². The molecule has 3 unspecified atom stereocenters. The monoisotopic (exact) mass is 1560 g/mol. The summed E-state index contributed by atoms with van der Waals surface area (Å²) in [5.41, 5.74) is 5.70. The van der Waals surface area contributed by atoms with Crippen LogP contribution >= 0.6 is 0 Å². The zero-order valence-corrected chi connectivity index (χ0v) is 63.0. The molecule has 3 saturated heterocycles. The van der Waals surface area contributed by atoms with Crippen LogP contribution < -0.4 is 32.3 Å². The van der Waals surface area contributed by atoms with Gasteiger partial charge in [0.15, 0.2) is 0 Å². The highest BCUT2D eigenvalue weighted by Crippen LogP contribution is 2.35. The maximum Gasteiger partial charge on any atom is 0.308 e. The number of benzene rings is 3. The van der Waals surface area contributed by atoms with Crippen LogP contribution in [-0.2, 0) is 95.3 Å². The Bertz CT molecular complexity index is 3810. The summed E-state index contributed by atoms with van der Waals surface area (Å²) in [6.45, 7) is 18.9. The number of fused-ring (bicyclic) bond motifs is 3. The Balaban J connectivity index is 0.000000241. The van der Waals surface area contributed by atoms with Crippen LogP contribution in [-0.4, -0.2) is 276 Å². The molecule has 0 saturated carbocycles. The Morgan fingerprint density at radius 1 is 0.414 bits per heavy atom. The second-order valence-corrected chi connectivity index (χ2v) is 26.9. The van der Waals surface area contributed by atoms with Gasteiger partial charge in [0.05, 0.1) is 172 Å². The third kappa shape index (κ3) is 28.7. The van der Waals surface area contributed by atoms with Gasteiger partial charge >= 0.3 is 17.9 Å². The Labute approximate surface area is 639 Å². The Kier molecular flexibility index (Phi) is 36.8. The lowest BCUT2D eigenvalue weighted by atomic mass is 10.0. The molecule has 6 heterocycles. The summed E-state index contributed by atoms with van der Waals surface area (Å²) in [5.74, 6) is -9.34. The maximum atomic E-state index is 13.7. The van der Waals surface area contributed by atoms with Crippen LogP contribution in [0.25, 0.3) is 0 Å². The van der Waals surface area contributed by atoms with Gasteiger partial charge in [-0.05, 0) is 97.2 Å². The molecule has 0 aromatic heterocycles. The third-order valence-corrected chi connectivity index (χ3v) is 16.2. The number of nitrogens with two attached hydrogens (primary N) is 1. The molecule has 111 heavy (non-hydrogen) atoms. The molecule has 36 nitrogen and oxygen atoms in total. The fraction of sp³-hybridized carbons (Fsp3) is 0.554. The lowest BCUT2D eigenvalue weighted by Crippen LogP contribution is -2.54. The first-order valence-electron chi connectivity index (χ1n) is 36.2. The Morgan fingerprint density at radius 2 is 0.703 bits per heavy atom. The molecular weight excluding hydrogens is 1470 g/mol.